The zero-order valence-electron chi connectivity index (χ0n) is 19.7. The lowest BCUT2D eigenvalue weighted by molar-refractivity contribution is 1.26. The molecule has 0 aromatic heterocycles. The summed E-state index contributed by atoms with van der Waals surface area (Å²) in [5.74, 6) is 1.01. The molecule has 0 radical (unpaired) electrons. The predicted octanol–water partition coefficient (Wildman–Crippen LogP) is 7.02. The Kier molecular flexibility index (Phi) is 7.30. The van der Waals surface area contributed by atoms with E-state index in [1.54, 1.807) is 4.82 Å². The number of amidine groups is 1. The summed E-state index contributed by atoms with van der Waals surface area (Å²) in [6.07, 6.45) is 0. The summed E-state index contributed by atoms with van der Waals surface area (Å²) in [7, 11) is -4.79. The van der Waals surface area contributed by atoms with Gasteiger partial charge in [0.1, 0.15) is 5.84 Å². The molecule has 2 aromatic carbocycles. The smallest absolute Gasteiger partial charge is 0.175 e. The summed E-state index contributed by atoms with van der Waals surface area (Å²) in [5, 5.41) is 3.89. The molecule has 0 atom stereocenters. The standard InChI is InChI=1S/C24H38N2Si3/c1-27(2,3)24(28(4,5)6)22(20-16-12-10-13-17-20)25-23(26-29(7,8)9)21-18-14-11-15-19-21/h10-19H,1-9H3,(H,25,26). The van der Waals surface area contributed by atoms with Gasteiger partial charge in [0, 0.05) is 11.3 Å². The first kappa shape index (κ1) is 23.6. The minimum Gasteiger partial charge on any atom is -0.341 e. The number of hydrogen-bond acceptors (Lipinski definition) is 1. The molecule has 29 heavy (non-hydrogen) atoms. The monoisotopic (exact) mass is 438 g/mol. The summed E-state index contributed by atoms with van der Waals surface area (Å²) in [6, 6.07) is 21.4. The normalized spacial score (nSPS) is 13.2. The van der Waals surface area contributed by atoms with E-state index in [1.165, 1.54) is 11.3 Å². The van der Waals surface area contributed by atoms with Gasteiger partial charge in [0.2, 0.25) is 0 Å². The van der Waals surface area contributed by atoms with Crippen molar-refractivity contribution in [1.82, 2.24) is 5.32 Å². The van der Waals surface area contributed by atoms with Crippen molar-refractivity contribution in [3.05, 3.63) is 76.6 Å². The molecule has 0 heterocycles. The Morgan fingerprint density at radius 1 is 0.621 bits per heavy atom. The van der Waals surface area contributed by atoms with Gasteiger partial charge in [-0.15, -0.1) is 0 Å². The van der Waals surface area contributed by atoms with E-state index in [-0.39, 0.29) is 0 Å². The van der Waals surface area contributed by atoms with Crippen LogP contribution in [-0.4, -0.2) is 30.2 Å². The van der Waals surface area contributed by atoms with Crippen LogP contribution in [0.15, 0.2) is 70.1 Å². The summed E-state index contributed by atoms with van der Waals surface area (Å²) in [4.78, 5) is 1.68. The molecule has 2 rings (SSSR count). The van der Waals surface area contributed by atoms with Gasteiger partial charge in [-0.3, -0.25) is 0 Å². The maximum absolute atomic E-state index is 5.23. The Bertz CT molecular complexity index is 850. The van der Waals surface area contributed by atoms with E-state index in [2.05, 4.69) is 125 Å². The number of hydrogen-bond donors (Lipinski definition) is 1. The largest absolute Gasteiger partial charge is 0.341 e. The fourth-order valence-electron chi connectivity index (χ4n) is 3.97. The molecule has 2 nitrogen and oxygen atoms in total. The topological polar surface area (TPSA) is 24.4 Å². The Balaban J connectivity index is 2.78. The fourth-order valence-corrected chi connectivity index (χ4v) is 15.7. The molecule has 0 bridgehead atoms. The SMILES string of the molecule is C[Si](C)(C)N=C(NC(=C([Si](C)(C)C)[Si](C)(C)C)c1ccccc1)c1ccccc1. The van der Waals surface area contributed by atoms with Crippen molar-refractivity contribution in [2.75, 3.05) is 0 Å². The average Bonchev–Trinajstić information content (AvgIpc) is 2.58. The highest BCUT2D eigenvalue weighted by Crippen LogP contribution is 2.32. The van der Waals surface area contributed by atoms with Gasteiger partial charge in [-0.05, 0) is 25.2 Å². The molecular weight excluding hydrogens is 401 g/mol. The van der Waals surface area contributed by atoms with Crippen molar-refractivity contribution in [2.45, 2.75) is 58.9 Å². The van der Waals surface area contributed by atoms with E-state index in [0.29, 0.717) is 0 Å². The predicted molar refractivity (Wildman–Crippen MR) is 140 cm³/mol. The molecular formula is C24H38N2Si3. The fraction of sp³-hybridized carbons (Fsp3) is 0.375. The van der Waals surface area contributed by atoms with Crippen molar-refractivity contribution in [1.29, 1.82) is 0 Å². The molecule has 0 aliphatic heterocycles. The van der Waals surface area contributed by atoms with E-state index in [4.69, 9.17) is 4.66 Å². The van der Waals surface area contributed by atoms with E-state index in [0.717, 1.165) is 11.4 Å². The van der Waals surface area contributed by atoms with Gasteiger partial charge in [0.15, 0.2) is 8.24 Å². The van der Waals surface area contributed by atoms with E-state index in [9.17, 15) is 0 Å². The van der Waals surface area contributed by atoms with E-state index in [1.807, 2.05) is 0 Å². The highest BCUT2D eigenvalue weighted by molar-refractivity contribution is 7.05. The van der Waals surface area contributed by atoms with Crippen LogP contribution in [0.1, 0.15) is 11.1 Å². The van der Waals surface area contributed by atoms with Crippen molar-refractivity contribution >= 4 is 35.9 Å². The van der Waals surface area contributed by atoms with Crippen LogP contribution in [0.2, 0.25) is 58.9 Å². The third kappa shape index (κ3) is 6.94. The van der Waals surface area contributed by atoms with Crippen molar-refractivity contribution in [3.8, 4) is 0 Å². The molecule has 0 unspecified atom stereocenters. The van der Waals surface area contributed by atoms with Crippen LogP contribution in [0.25, 0.3) is 5.70 Å². The Labute approximate surface area is 181 Å². The van der Waals surface area contributed by atoms with Crippen LogP contribution in [0.3, 0.4) is 0 Å². The van der Waals surface area contributed by atoms with Gasteiger partial charge in [-0.1, -0.05) is 105 Å². The van der Waals surface area contributed by atoms with Gasteiger partial charge < -0.3 is 9.97 Å². The quantitative estimate of drug-likeness (QED) is 0.292. The minimum atomic E-state index is -1.67. The van der Waals surface area contributed by atoms with Gasteiger partial charge in [-0.2, -0.15) is 0 Å². The first-order chi connectivity index (χ1) is 13.3. The summed E-state index contributed by atoms with van der Waals surface area (Å²) >= 11 is 0. The molecule has 1 N–H and O–H groups in total. The lowest BCUT2D eigenvalue weighted by Crippen LogP contribution is -2.43. The highest BCUT2D eigenvalue weighted by atomic mass is 28.4. The lowest BCUT2D eigenvalue weighted by atomic mass is 10.1. The molecule has 0 saturated carbocycles. The van der Waals surface area contributed by atoms with Gasteiger partial charge >= 0.3 is 0 Å². The maximum atomic E-state index is 5.23. The van der Waals surface area contributed by atoms with E-state index < -0.39 is 24.4 Å². The van der Waals surface area contributed by atoms with Crippen LogP contribution < -0.4 is 5.32 Å². The van der Waals surface area contributed by atoms with Gasteiger partial charge in [-0.25, -0.2) is 0 Å². The van der Waals surface area contributed by atoms with Gasteiger partial charge in [0.05, 0.1) is 16.1 Å². The second kappa shape index (κ2) is 8.98. The van der Waals surface area contributed by atoms with E-state index >= 15 is 0 Å². The maximum Gasteiger partial charge on any atom is 0.175 e. The van der Waals surface area contributed by atoms with Crippen molar-refractivity contribution < 1.29 is 0 Å². The summed E-state index contributed by atoms with van der Waals surface area (Å²) in [5.41, 5.74) is 3.73. The summed E-state index contributed by atoms with van der Waals surface area (Å²) < 4.78 is 5.23. The molecule has 2 aromatic rings. The van der Waals surface area contributed by atoms with Crippen LogP contribution in [0.4, 0.5) is 0 Å². The molecule has 156 valence electrons. The first-order valence-corrected chi connectivity index (χ1v) is 21.0. The molecule has 5 heteroatoms. The minimum absolute atomic E-state index is 1.01. The third-order valence-electron chi connectivity index (χ3n) is 4.55. The Morgan fingerprint density at radius 3 is 1.41 bits per heavy atom. The van der Waals surface area contributed by atoms with Crippen LogP contribution in [0.5, 0.6) is 0 Å². The molecule has 0 aliphatic rings. The number of benzene rings is 2. The zero-order chi connectivity index (χ0) is 21.9. The second-order valence-electron chi connectivity index (χ2n) is 10.7. The molecule has 0 aliphatic carbocycles. The third-order valence-corrected chi connectivity index (χ3v) is 13.4. The van der Waals surface area contributed by atoms with Crippen LogP contribution in [-0.2, 0) is 0 Å². The number of nitrogens with zero attached hydrogens (tertiary/aromatic N) is 1. The summed E-state index contributed by atoms with van der Waals surface area (Å²) in [6.45, 7) is 21.7. The Hall–Kier alpha value is -1.70. The van der Waals surface area contributed by atoms with Gasteiger partial charge in [0.25, 0.3) is 0 Å². The number of nitrogens with one attached hydrogen (secondary N) is 1. The molecule has 0 amide bonds. The van der Waals surface area contributed by atoms with Crippen molar-refractivity contribution in [3.63, 3.8) is 0 Å². The zero-order valence-corrected chi connectivity index (χ0v) is 22.7. The molecule has 0 saturated heterocycles. The lowest BCUT2D eigenvalue weighted by Gasteiger charge is -2.35. The molecule has 0 fully saturated rings. The molecule has 0 spiro atoms. The van der Waals surface area contributed by atoms with Crippen LogP contribution >= 0.6 is 0 Å². The number of rotatable bonds is 6. The van der Waals surface area contributed by atoms with Crippen LogP contribution in [0, 0.1) is 0 Å². The van der Waals surface area contributed by atoms with Crippen molar-refractivity contribution in [2.24, 2.45) is 4.66 Å². The Morgan fingerprint density at radius 2 is 1.03 bits per heavy atom. The first-order valence-electron chi connectivity index (χ1n) is 10.5. The second-order valence-corrected chi connectivity index (χ2v) is 25.8. The average molecular weight is 439 g/mol. The highest BCUT2D eigenvalue weighted by Gasteiger charge is 2.34.